The molecule has 0 saturated carbocycles. The zero-order chi connectivity index (χ0) is 18.2. The lowest BCUT2D eigenvalue weighted by molar-refractivity contribution is 1.60. The van der Waals surface area contributed by atoms with Crippen LogP contribution >= 0.6 is 0 Å². The largest absolute Gasteiger partial charge is 0.399 e. The van der Waals surface area contributed by atoms with Crippen LogP contribution in [0.1, 0.15) is 0 Å². The van der Waals surface area contributed by atoms with E-state index in [1.54, 1.807) is 0 Å². The molecule has 0 aliphatic rings. The molecule has 0 atom stereocenters. The Kier molecular flexibility index (Phi) is 3.65. The summed E-state index contributed by atoms with van der Waals surface area (Å²) in [5.74, 6) is 0. The van der Waals surface area contributed by atoms with Gasteiger partial charge in [0.2, 0.25) is 0 Å². The number of rotatable bonds is 2. The molecule has 128 valence electrons. The summed E-state index contributed by atoms with van der Waals surface area (Å²) in [6, 6.07) is 36.2. The zero-order valence-corrected chi connectivity index (χ0v) is 14.9. The standard InChI is InChI=1S/C26H19N/c27-20-14-15-22(18-8-2-1-3-9-18)26(17-20)25-16-19-10-4-5-11-21(19)23-12-6-7-13-24(23)25/h1-17H,27H2. The molecule has 0 aliphatic heterocycles. The van der Waals surface area contributed by atoms with Crippen molar-refractivity contribution in [2.45, 2.75) is 0 Å². The Hall–Kier alpha value is -3.58. The molecule has 0 aliphatic carbocycles. The van der Waals surface area contributed by atoms with Gasteiger partial charge < -0.3 is 5.73 Å². The molecular formula is C26H19N. The highest BCUT2D eigenvalue weighted by molar-refractivity contribution is 6.14. The first-order valence-corrected chi connectivity index (χ1v) is 9.17. The van der Waals surface area contributed by atoms with Crippen LogP contribution in [0.25, 0.3) is 43.8 Å². The Labute approximate surface area is 158 Å². The van der Waals surface area contributed by atoms with Crippen molar-refractivity contribution in [1.29, 1.82) is 0 Å². The van der Waals surface area contributed by atoms with Crippen molar-refractivity contribution < 1.29 is 0 Å². The normalized spacial score (nSPS) is 11.1. The molecule has 0 bridgehead atoms. The fourth-order valence-corrected chi connectivity index (χ4v) is 3.93. The minimum atomic E-state index is 0.780. The summed E-state index contributed by atoms with van der Waals surface area (Å²) in [6.45, 7) is 0. The van der Waals surface area contributed by atoms with Crippen LogP contribution in [0.4, 0.5) is 5.69 Å². The first-order valence-electron chi connectivity index (χ1n) is 9.17. The Morgan fingerprint density at radius 3 is 1.93 bits per heavy atom. The van der Waals surface area contributed by atoms with Crippen LogP contribution < -0.4 is 5.73 Å². The second-order valence-corrected chi connectivity index (χ2v) is 6.86. The van der Waals surface area contributed by atoms with Crippen LogP contribution in [0, 0.1) is 0 Å². The Morgan fingerprint density at radius 1 is 0.444 bits per heavy atom. The van der Waals surface area contributed by atoms with E-state index in [2.05, 4.69) is 91.0 Å². The van der Waals surface area contributed by atoms with Crippen LogP contribution in [0.2, 0.25) is 0 Å². The smallest absolute Gasteiger partial charge is 0.0320 e. The van der Waals surface area contributed by atoms with Crippen molar-refractivity contribution in [3.8, 4) is 22.3 Å². The maximum absolute atomic E-state index is 6.20. The lowest BCUT2D eigenvalue weighted by Crippen LogP contribution is -1.91. The van der Waals surface area contributed by atoms with Gasteiger partial charge in [-0.3, -0.25) is 0 Å². The van der Waals surface area contributed by atoms with Crippen LogP contribution in [-0.4, -0.2) is 0 Å². The number of nitrogens with two attached hydrogens (primary N) is 1. The lowest BCUT2D eigenvalue weighted by atomic mass is 9.89. The van der Waals surface area contributed by atoms with Gasteiger partial charge in [-0.05, 0) is 62.0 Å². The second-order valence-electron chi connectivity index (χ2n) is 6.86. The highest BCUT2D eigenvalue weighted by atomic mass is 14.5. The first-order chi connectivity index (χ1) is 13.3. The fourth-order valence-electron chi connectivity index (χ4n) is 3.93. The van der Waals surface area contributed by atoms with Gasteiger partial charge in [0.15, 0.2) is 0 Å². The second kappa shape index (κ2) is 6.30. The molecule has 0 spiro atoms. The van der Waals surface area contributed by atoms with E-state index in [0.29, 0.717) is 0 Å². The van der Waals surface area contributed by atoms with E-state index >= 15 is 0 Å². The monoisotopic (exact) mass is 345 g/mol. The van der Waals surface area contributed by atoms with Gasteiger partial charge in [-0.15, -0.1) is 0 Å². The first kappa shape index (κ1) is 15.7. The minimum absolute atomic E-state index is 0.780. The van der Waals surface area contributed by atoms with Crippen molar-refractivity contribution in [3.05, 3.63) is 103 Å². The van der Waals surface area contributed by atoms with Crippen molar-refractivity contribution in [3.63, 3.8) is 0 Å². The summed E-state index contributed by atoms with van der Waals surface area (Å²) < 4.78 is 0. The summed E-state index contributed by atoms with van der Waals surface area (Å²) in [4.78, 5) is 0. The molecule has 0 aromatic heterocycles. The molecule has 5 aromatic carbocycles. The van der Waals surface area contributed by atoms with Crippen molar-refractivity contribution >= 4 is 27.2 Å². The molecule has 0 fully saturated rings. The molecular weight excluding hydrogens is 326 g/mol. The molecule has 2 N–H and O–H groups in total. The van der Waals surface area contributed by atoms with Gasteiger partial charge in [0.25, 0.3) is 0 Å². The molecule has 0 heterocycles. The van der Waals surface area contributed by atoms with Crippen LogP contribution in [0.15, 0.2) is 103 Å². The van der Waals surface area contributed by atoms with E-state index in [-0.39, 0.29) is 0 Å². The van der Waals surface area contributed by atoms with Gasteiger partial charge >= 0.3 is 0 Å². The molecule has 1 heteroatoms. The molecule has 0 radical (unpaired) electrons. The lowest BCUT2D eigenvalue weighted by Gasteiger charge is -2.15. The van der Waals surface area contributed by atoms with Crippen LogP contribution in [0.5, 0.6) is 0 Å². The summed E-state index contributed by atoms with van der Waals surface area (Å²) in [6.07, 6.45) is 0. The number of benzene rings is 5. The summed E-state index contributed by atoms with van der Waals surface area (Å²) >= 11 is 0. The Morgan fingerprint density at radius 2 is 1.11 bits per heavy atom. The Bertz CT molecular complexity index is 1270. The summed E-state index contributed by atoms with van der Waals surface area (Å²) in [7, 11) is 0. The summed E-state index contributed by atoms with van der Waals surface area (Å²) in [5.41, 5.74) is 11.8. The van der Waals surface area contributed by atoms with Gasteiger partial charge in [-0.2, -0.15) is 0 Å². The molecule has 0 unspecified atom stereocenters. The maximum atomic E-state index is 6.20. The molecule has 5 rings (SSSR count). The number of hydrogen-bond donors (Lipinski definition) is 1. The average Bonchev–Trinajstić information content (AvgIpc) is 2.74. The van der Waals surface area contributed by atoms with Crippen LogP contribution in [-0.2, 0) is 0 Å². The maximum Gasteiger partial charge on any atom is 0.0320 e. The van der Waals surface area contributed by atoms with E-state index < -0.39 is 0 Å². The molecule has 0 amide bonds. The molecule has 1 nitrogen and oxygen atoms in total. The van der Waals surface area contributed by atoms with Crippen LogP contribution in [0.3, 0.4) is 0 Å². The van der Waals surface area contributed by atoms with Crippen molar-refractivity contribution in [2.24, 2.45) is 0 Å². The number of anilines is 1. The van der Waals surface area contributed by atoms with Crippen molar-refractivity contribution in [2.75, 3.05) is 5.73 Å². The van der Waals surface area contributed by atoms with E-state index in [4.69, 9.17) is 5.73 Å². The SMILES string of the molecule is Nc1ccc(-c2ccccc2)c(-c2cc3ccccc3c3ccccc23)c1. The third-order valence-corrected chi connectivity index (χ3v) is 5.19. The predicted molar refractivity (Wildman–Crippen MR) is 117 cm³/mol. The molecule has 5 aromatic rings. The fraction of sp³-hybridized carbons (Fsp3) is 0. The highest BCUT2D eigenvalue weighted by Gasteiger charge is 2.13. The van der Waals surface area contributed by atoms with E-state index in [1.807, 2.05) is 12.1 Å². The van der Waals surface area contributed by atoms with E-state index in [0.717, 1.165) is 5.69 Å². The quantitative estimate of drug-likeness (QED) is 0.273. The van der Waals surface area contributed by atoms with Gasteiger partial charge in [0, 0.05) is 5.69 Å². The van der Waals surface area contributed by atoms with Gasteiger partial charge in [0.05, 0.1) is 0 Å². The third kappa shape index (κ3) is 2.65. The number of nitrogen functional groups attached to an aromatic ring is 1. The predicted octanol–water partition coefficient (Wildman–Crippen LogP) is 6.91. The number of hydrogen-bond acceptors (Lipinski definition) is 1. The Balaban J connectivity index is 1.90. The number of fused-ring (bicyclic) bond motifs is 3. The molecule has 0 saturated heterocycles. The van der Waals surface area contributed by atoms with Gasteiger partial charge in [0.1, 0.15) is 0 Å². The van der Waals surface area contributed by atoms with E-state index in [1.165, 1.54) is 43.8 Å². The topological polar surface area (TPSA) is 26.0 Å². The zero-order valence-electron chi connectivity index (χ0n) is 14.9. The van der Waals surface area contributed by atoms with Gasteiger partial charge in [-0.25, -0.2) is 0 Å². The van der Waals surface area contributed by atoms with Gasteiger partial charge in [-0.1, -0.05) is 84.9 Å². The minimum Gasteiger partial charge on any atom is -0.399 e. The highest BCUT2D eigenvalue weighted by Crippen LogP contribution is 2.40. The van der Waals surface area contributed by atoms with Crippen molar-refractivity contribution in [1.82, 2.24) is 0 Å². The van der Waals surface area contributed by atoms with E-state index in [9.17, 15) is 0 Å². The molecule has 27 heavy (non-hydrogen) atoms. The third-order valence-electron chi connectivity index (χ3n) is 5.19. The average molecular weight is 345 g/mol. The summed E-state index contributed by atoms with van der Waals surface area (Å²) in [5, 5.41) is 5.04.